The van der Waals surface area contributed by atoms with Crippen molar-refractivity contribution in [3.8, 4) is 0 Å². The van der Waals surface area contributed by atoms with Gasteiger partial charge in [0.2, 0.25) is 5.69 Å². The van der Waals surface area contributed by atoms with Crippen LogP contribution in [0.3, 0.4) is 0 Å². The number of hydrogen-bond acceptors (Lipinski definition) is 0. The molecule has 0 radical (unpaired) electrons. The van der Waals surface area contributed by atoms with Crippen molar-refractivity contribution in [2.75, 3.05) is 0 Å². The van der Waals surface area contributed by atoms with E-state index in [1.807, 2.05) is 31.5 Å². The quantitative estimate of drug-likeness (QED) is 0.647. The van der Waals surface area contributed by atoms with Gasteiger partial charge in [0.15, 0.2) is 6.20 Å². The molecular formula is C13H13ClN+. The molecule has 0 atom stereocenters. The third-order valence-electron chi connectivity index (χ3n) is 2.74. The van der Waals surface area contributed by atoms with Gasteiger partial charge in [0, 0.05) is 11.6 Å². The predicted octanol–water partition coefficient (Wildman–Crippen LogP) is 3.27. The lowest BCUT2D eigenvalue weighted by atomic mass is 10.1. The Labute approximate surface area is 94.6 Å². The molecule has 0 bridgehead atoms. The van der Waals surface area contributed by atoms with Crippen LogP contribution in [0.25, 0.3) is 16.8 Å². The van der Waals surface area contributed by atoms with Crippen molar-refractivity contribution < 1.29 is 4.57 Å². The molecule has 0 aliphatic carbocycles. The third kappa shape index (κ3) is 1.53. The number of rotatable bonds is 1. The smallest absolute Gasteiger partial charge is 0.201 e. The molecule has 76 valence electrons. The predicted molar refractivity (Wildman–Crippen MR) is 65.0 cm³/mol. The summed E-state index contributed by atoms with van der Waals surface area (Å²) < 4.78 is 2.05. The molecule has 0 fully saturated rings. The lowest BCUT2D eigenvalue weighted by Gasteiger charge is -2.05. The maximum Gasteiger partial charge on any atom is 0.207 e. The largest absolute Gasteiger partial charge is 0.207 e. The highest BCUT2D eigenvalue weighted by atomic mass is 35.5. The number of fused-ring (bicyclic) bond motifs is 1. The van der Waals surface area contributed by atoms with E-state index in [0.29, 0.717) is 0 Å². The van der Waals surface area contributed by atoms with Crippen LogP contribution in [0.4, 0.5) is 0 Å². The summed E-state index contributed by atoms with van der Waals surface area (Å²) in [6.45, 7) is 5.92. The minimum Gasteiger partial charge on any atom is -0.201 e. The first-order chi connectivity index (χ1) is 7.15. The first-order valence-electron chi connectivity index (χ1n) is 4.85. The van der Waals surface area contributed by atoms with Crippen LogP contribution in [0, 0.1) is 6.92 Å². The highest BCUT2D eigenvalue weighted by Gasteiger charge is 2.12. The van der Waals surface area contributed by atoms with Gasteiger partial charge in [-0.3, -0.25) is 0 Å². The van der Waals surface area contributed by atoms with Gasteiger partial charge in [0.05, 0.1) is 10.4 Å². The van der Waals surface area contributed by atoms with Gasteiger partial charge in [-0.15, -0.1) is 0 Å². The summed E-state index contributed by atoms with van der Waals surface area (Å²) in [5.41, 5.74) is 2.34. The van der Waals surface area contributed by atoms with E-state index in [2.05, 4.69) is 24.1 Å². The Morgan fingerprint density at radius 3 is 2.73 bits per heavy atom. The van der Waals surface area contributed by atoms with Crippen LogP contribution in [0.5, 0.6) is 0 Å². The topological polar surface area (TPSA) is 3.88 Å². The summed E-state index contributed by atoms with van der Waals surface area (Å²) in [5.74, 6) is 0. The van der Waals surface area contributed by atoms with Crippen LogP contribution in [-0.4, -0.2) is 0 Å². The van der Waals surface area contributed by atoms with E-state index in [-0.39, 0.29) is 0 Å². The molecule has 0 amide bonds. The molecule has 2 heteroatoms. The van der Waals surface area contributed by atoms with Gasteiger partial charge in [0.1, 0.15) is 7.05 Å². The fourth-order valence-electron chi connectivity index (χ4n) is 1.96. The molecule has 0 saturated carbocycles. The Balaban J connectivity index is 2.97. The Bertz CT molecular complexity index is 544. The van der Waals surface area contributed by atoms with E-state index in [4.69, 9.17) is 11.6 Å². The molecule has 2 aromatic rings. The van der Waals surface area contributed by atoms with Crippen molar-refractivity contribution in [3.05, 3.63) is 47.3 Å². The average molecular weight is 219 g/mol. The minimum absolute atomic E-state index is 0.793. The average Bonchev–Trinajstić information content (AvgIpc) is 2.20. The van der Waals surface area contributed by atoms with Crippen LogP contribution >= 0.6 is 11.6 Å². The van der Waals surface area contributed by atoms with Gasteiger partial charge in [-0.1, -0.05) is 30.3 Å². The van der Waals surface area contributed by atoms with Crippen LogP contribution in [-0.2, 0) is 7.05 Å². The van der Waals surface area contributed by atoms with Crippen LogP contribution in [0.15, 0.2) is 31.0 Å². The molecule has 0 unspecified atom stereocenters. The Kier molecular flexibility index (Phi) is 2.49. The maximum absolute atomic E-state index is 6.16. The third-order valence-corrected chi connectivity index (χ3v) is 3.07. The fraction of sp³-hybridized carbons (Fsp3) is 0.154. The fourth-order valence-corrected chi connectivity index (χ4v) is 2.18. The first kappa shape index (κ1) is 10.2. The van der Waals surface area contributed by atoms with Gasteiger partial charge in [-0.2, -0.15) is 0 Å². The molecule has 0 spiro atoms. The summed E-state index contributed by atoms with van der Waals surface area (Å²) in [5, 5.41) is 3.07. The van der Waals surface area contributed by atoms with Crippen LogP contribution in [0.2, 0.25) is 5.02 Å². The summed E-state index contributed by atoms with van der Waals surface area (Å²) in [7, 11) is 2.01. The SMILES string of the molecule is C=Cc1c(C)c2cccc(Cl)c2c[n+]1C. The second-order valence-electron chi connectivity index (χ2n) is 3.66. The lowest BCUT2D eigenvalue weighted by molar-refractivity contribution is -0.672. The molecule has 2 rings (SSSR count). The standard InChI is InChI=1S/C13H13ClN/c1-4-13-9(2)10-6-5-7-12(14)11(10)8-15(13)3/h4-8H,1H2,2-3H3/q+1. The van der Waals surface area contributed by atoms with Crippen LogP contribution < -0.4 is 4.57 Å². The van der Waals surface area contributed by atoms with Gasteiger partial charge in [-0.05, 0) is 18.4 Å². The summed E-state index contributed by atoms with van der Waals surface area (Å²) in [6, 6.07) is 5.98. The highest BCUT2D eigenvalue weighted by Crippen LogP contribution is 2.25. The second-order valence-corrected chi connectivity index (χ2v) is 4.06. The van der Waals surface area contributed by atoms with Gasteiger partial charge >= 0.3 is 0 Å². The van der Waals surface area contributed by atoms with E-state index in [9.17, 15) is 0 Å². The zero-order valence-electron chi connectivity index (χ0n) is 8.92. The molecule has 0 N–H and O–H groups in total. The molecule has 1 heterocycles. The number of benzene rings is 1. The highest BCUT2D eigenvalue weighted by molar-refractivity contribution is 6.35. The Morgan fingerprint density at radius 2 is 2.07 bits per heavy atom. The molecule has 1 aromatic heterocycles. The number of hydrogen-bond donors (Lipinski definition) is 0. The van der Waals surface area contributed by atoms with E-state index in [1.54, 1.807) is 0 Å². The number of aromatic nitrogens is 1. The molecule has 15 heavy (non-hydrogen) atoms. The Morgan fingerprint density at radius 1 is 1.33 bits per heavy atom. The van der Waals surface area contributed by atoms with Crippen LogP contribution in [0.1, 0.15) is 11.3 Å². The minimum atomic E-state index is 0.793. The molecule has 0 saturated heterocycles. The molecule has 0 aliphatic rings. The first-order valence-corrected chi connectivity index (χ1v) is 5.23. The van der Waals surface area contributed by atoms with Crippen molar-refractivity contribution in [1.82, 2.24) is 0 Å². The summed E-state index contributed by atoms with van der Waals surface area (Å²) in [6.07, 6.45) is 3.91. The summed E-state index contributed by atoms with van der Waals surface area (Å²) >= 11 is 6.16. The Hall–Kier alpha value is -1.34. The van der Waals surface area contributed by atoms with E-state index < -0.39 is 0 Å². The van der Waals surface area contributed by atoms with E-state index in [0.717, 1.165) is 16.1 Å². The van der Waals surface area contributed by atoms with Crippen molar-refractivity contribution in [2.45, 2.75) is 6.92 Å². The summed E-state index contributed by atoms with van der Waals surface area (Å²) in [4.78, 5) is 0. The monoisotopic (exact) mass is 218 g/mol. The zero-order valence-corrected chi connectivity index (χ0v) is 9.67. The molecule has 1 aromatic carbocycles. The number of halogens is 1. The molecule has 0 aliphatic heterocycles. The van der Waals surface area contributed by atoms with Crippen molar-refractivity contribution in [1.29, 1.82) is 0 Å². The van der Waals surface area contributed by atoms with Crippen molar-refractivity contribution in [2.24, 2.45) is 7.05 Å². The zero-order chi connectivity index (χ0) is 11.0. The van der Waals surface area contributed by atoms with Gasteiger partial charge < -0.3 is 0 Å². The van der Waals surface area contributed by atoms with E-state index >= 15 is 0 Å². The van der Waals surface area contributed by atoms with Gasteiger partial charge in [-0.25, -0.2) is 4.57 Å². The van der Waals surface area contributed by atoms with Crippen molar-refractivity contribution in [3.63, 3.8) is 0 Å². The number of nitrogens with zero attached hydrogens (tertiary/aromatic N) is 1. The normalized spacial score (nSPS) is 10.6. The van der Waals surface area contributed by atoms with E-state index in [1.165, 1.54) is 10.9 Å². The number of aryl methyl sites for hydroxylation is 2. The number of pyridine rings is 1. The van der Waals surface area contributed by atoms with Crippen molar-refractivity contribution >= 4 is 28.4 Å². The maximum atomic E-state index is 6.16. The molecule has 1 nitrogen and oxygen atoms in total. The molecular weight excluding hydrogens is 206 g/mol. The second kappa shape index (κ2) is 3.67. The lowest BCUT2D eigenvalue weighted by Crippen LogP contribution is -2.32. The van der Waals surface area contributed by atoms with Gasteiger partial charge in [0.25, 0.3) is 0 Å².